The number of nitrogens with zero attached hydrogens (tertiary/aromatic N) is 3. The van der Waals surface area contributed by atoms with E-state index in [-0.39, 0.29) is 17.6 Å². The van der Waals surface area contributed by atoms with Crippen LogP contribution in [0.1, 0.15) is 23.2 Å². The molecule has 2 saturated heterocycles. The Labute approximate surface area is 140 Å². The highest BCUT2D eigenvalue weighted by molar-refractivity contribution is 5.94. The number of amides is 1. The van der Waals surface area contributed by atoms with Gasteiger partial charge < -0.3 is 15.0 Å². The molecule has 0 aromatic carbocycles. The Hall–Kier alpha value is -2.47. The van der Waals surface area contributed by atoms with E-state index in [0.29, 0.717) is 18.7 Å². The summed E-state index contributed by atoms with van der Waals surface area (Å²) in [4.78, 5) is 22.6. The first-order valence-electron chi connectivity index (χ1n) is 8.24. The lowest BCUT2D eigenvalue weighted by Crippen LogP contribution is -2.36. The summed E-state index contributed by atoms with van der Waals surface area (Å²) in [6.07, 6.45) is 8.66. The van der Waals surface area contributed by atoms with Crippen molar-refractivity contribution in [2.45, 2.75) is 24.5 Å². The molecule has 2 atom stereocenters. The maximum absolute atomic E-state index is 12.6. The van der Waals surface area contributed by atoms with Gasteiger partial charge in [0.15, 0.2) is 0 Å². The maximum atomic E-state index is 12.6. The molecule has 0 unspecified atom stereocenters. The first kappa shape index (κ1) is 15.1. The lowest BCUT2D eigenvalue weighted by Gasteiger charge is -2.23. The topological polar surface area (TPSA) is 67.4 Å². The Morgan fingerprint density at radius 3 is 2.83 bits per heavy atom. The quantitative estimate of drug-likeness (QED) is 0.935. The molecule has 6 nitrogen and oxygen atoms in total. The number of rotatable bonds is 3. The van der Waals surface area contributed by atoms with Crippen LogP contribution in [0.3, 0.4) is 0 Å². The molecule has 24 heavy (non-hydrogen) atoms. The number of hydrogen-bond donors (Lipinski definition) is 1. The van der Waals surface area contributed by atoms with Crippen molar-refractivity contribution >= 4 is 11.6 Å². The molecule has 1 amide bonds. The molecule has 6 heteroatoms. The number of likely N-dealkylation sites (tertiary alicyclic amines) is 1. The highest BCUT2D eigenvalue weighted by atomic mass is 16.5. The molecular formula is C18H20N4O2. The lowest BCUT2D eigenvalue weighted by atomic mass is 9.97. The van der Waals surface area contributed by atoms with E-state index in [1.54, 1.807) is 24.7 Å². The highest BCUT2D eigenvalue weighted by Crippen LogP contribution is 2.36. The van der Waals surface area contributed by atoms with E-state index in [2.05, 4.69) is 15.3 Å². The second kappa shape index (κ2) is 6.20. The third-order valence-electron chi connectivity index (χ3n) is 4.75. The summed E-state index contributed by atoms with van der Waals surface area (Å²) < 4.78 is 6.11. The monoisotopic (exact) mass is 324 g/mol. The zero-order valence-corrected chi connectivity index (χ0v) is 13.4. The first-order valence-corrected chi connectivity index (χ1v) is 8.24. The minimum atomic E-state index is -0.224. The number of ether oxygens (including phenoxy) is 1. The predicted molar refractivity (Wildman–Crippen MR) is 89.7 cm³/mol. The van der Waals surface area contributed by atoms with Crippen LogP contribution in [-0.4, -0.2) is 52.1 Å². The van der Waals surface area contributed by atoms with Gasteiger partial charge >= 0.3 is 0 Å². The van der Waals surface area contributed by atoms with Gasteiger partial charge in [-0.25, -0.2) is 0 Å². The third kappa shape index (κ3) is 2.97. The molecule has 4 heterocycles. The summed E-state index contributed by atoms with van der Waals surface area (Å²) in [6.45, 7) is 2.03. The van der Waals surface area contributed by atoms with Crippen LogP contribution in [-0.2, 0) is 4.74 Å². The van der Waals surface area contributed by atoms with Crippen molar-refractivity contribution in [3.05, 3.63) is 54.6 Å². The van der Waals surface area contributed by atoms with Crippen molar-refractivity contribution in [1.29, 1.82) is 0 Å². The van der Waals surface area contributed by atoms with E-state index in [9.17, 15) is 4.79 Å². The Morgan fingerprint density at radius 1 is 1.25 bits per heavy atom. The average Bonchev–Trinajstić information content (AvgIpc) is 3.23. The molecule has 1 N–H and O–H groups in total. The molecule has 2 aliphatic rings. The number of hydrogen-bond acceptors (Lipinski definition) is 5. The van der Waals surface area contributed by atoms with Gasteiger partial charge in [-0.1, -0.05) is 0 Å². The van der Waals surface area contributed by atoms with Crippen molar-refractivity contribution in [3.8, 4) is 0 Å². The third-order valence-corrected chi connectivity index (χ3v) is 4.75. The van der Waals surface area contributed by atoms with E-state index in [4.69, 9.17) is 4.74 Å². The molecule has 2 fully saturated rings. The highest BCUT2D eigenvalue weighted by Gasteiger charge is 2.46. The van der Waals surface area contributed by atoms with Crippen molar-refractivity contribution in [2.75, 3.05) is 25.0 Å². The predicted octanol–water partition coefficient (Wildman–Crippen LogP) is 1.96. The van der Waals surface area contributed by atoms with Gasteiger partial charge in [0.05, 0.1) is 36.0 Å². The standard InChI is InChI=1S/C18H20N4O2/c23-17(14-3-1-6-19-10-14)22-8-5-18(13-22)9-16(12-24-18)21-15-4-2-7-20-11-15/h1-4,6-7,10-11,16,21H,5,8-9,12-13H2/t16-,18-/m0/s1. The van der Waals surface area contributed by atoms with Gasteiger partial charge in [-0.3, -0.25) is 14.8 Å². The number of carbonyl (C=O) groups excluding carboxylic acids is 1. The minimum Gasteiger partial charge on any atom is -0.379 e. The smallest absolute Gasteiger partial charge is 0.255 e. The molecular weight excluding hydrogens is 304 g/mol. The fraction of sp³-hybridized carbons (Fsp3) is 0.389. The maximum Gasteiger partial charge on any atom is 0.255 e. The number of pyridine rings is 2. The van der Waals surface area contributed by atoms with Gasteiger partial charge in [0.1, 0.15) is 0 Å². The van der Waals surface area contributed by atoms with Gasteiger partial charge in [-0.15, -0.1) is 0 Å². The number of nitrogens with one attached hydrogen (secondary N) is 1. The van der Waals surface area contributed by atoms with Gasteiger partial charge in [-0.05, 0) is 30.7 Å². The zero-order valence-electron chi connectivity index (χ0n) is 13.4. The Balaban J connectivity index is 1.39. The molecule has 0 aliphatic carbocycles. The number of aromatic nitrogens is 2. The number of anilines is 1. The number of carbonyl (C=O) groups is 1. The Bertz CT molecular complexity index is 709. The first-order chi connectivity index (χ1) is 11.7. The average molecular weight is 324 g/mol. The Morgan fingerprint density at radius 2 is 2.08 bits per heavy atom. The fourth-order valence-corrected chi connectivity index (χ4v) is 3.60. The van der Waals surface area contributed by atoms with Crippen molar-refractivity contribution in [3.63, 3.8) is 0 Å². The van der Waals surface area contributed by atoms with E-state index < -0.39 is 0 Å². The summed E-state index contributed by atoms with van der Waals surface area (Å²) in [5.41, 5.74) is 1.42. The fourth-order valence-electron chi connectivity index (χ4n) is 3.60. The molecule has 0 radical (unpaired) electrons. The van der Waals surface area contributed by atoms with Crippen LogP contribution in [0.2, 0.25) is 0 Å². The minimum absolute atomic E-state index is 0.0345. The van der Waals surface area contributed by atoms with Crippen LogP contribution in [0.4, 0.5) is 5.69 Å². The molecule has 2 aliphatic heterocycles. The van der Waals surface area contributed by atoms with Crippen LogP contribution in [0.25, 0.3) is 0 Å². The molecule has 4 rings (SSSR count). The second-order valence-electron chi connectivity index (χ2n) is 6.50. The molecule has 0 saturated carbocycles. The summed E-state index contributed by atoms with van der Waals surface area (Å²) in [5.74, 6) is 0.0345. The molecule has 1 spiro atoms. The van der Waals surface area contributed by atoms with Crippen molar-refractivity contribution < 1.29 is 9.53 Å². The van der Waals surface area contributed by atoms with E-state index in [0.717, 1.165) is 25.1 Å². The SMILES string of the molecule is O=C(c1cccnc1)N1CC[C@]2(C[C@H](Nc3cccnc3)CO2)C1. The largest absolute Gasteiger partial charge is 0.379 e. The van der Waals surface area contributed by atoms with E-state index in [1.807, 2.05) is 29.3 Å². The van der Waals surface area contributed by atoms with Crippen molar-refractivity contribution in [1.82, 2.24) is 14.9 Å². The lowest BCUT2D eigenvalue weighted by molar-refractivity contribution is 0.0125. The summed E-state index contributed by atoms with van der Waals surface area (Å²) >= 11 is 0. The normalized spacial score (nSPS) is 26.0. The van der Waals surface area contributed by atoms with Crippen LogP contribution in [0, 0.1) is 0 Å². The van der Waals surface area contributed by atoms with E-state index >= 15 is 0 Å². The van der Waals surface area contributed by atoms with Crippen LogP contribution in [0.5, 0.6) is 0 Å². The van der Waals surface area contributed by atoms with E-state index in [1.165, 1.54) is 0 Å². The van der Waals surface area contributed by atoms with Gasteiger partial charge in [-0.2, -0.15) is 0 Å². The summed E-state index contributed by atoms with van der Waals surface area (Å²) in [6, 6.07) is 7.77. The van der Waals surface area contributed by atoms with Crippen LogP contribution in [0.15, 0.2) is 49.1 Å². The zero-order chi connectivity index (χ0) is 16.4. The van der Waals surface area contributed by atoms with Crippen LogP contribution < -0.4 is 5.32 Å². The van der Waals surface area contributed by atoms with Crippen molar-refractivity contribution in [2.24, 2.45) is 0 Å². The van der Waals surface area contributed by atoms with Gasteiger partial charge in [0.2, 0.25) is 0 Å². The van der Waals surface area contributed by atoms with Crippen LogP contribution >= 0.6 is 0 Å². The van der Waals surface area contributed by atoms with Gasteiger partial charge in [0.25, 0.3) is 5.91 Å². The molecule has 2 aromatic heterocycles. The van der Waals surface area contributed by atoms with Gasteiger partial charge in [0, 0.05) is 37.8 Å². The molecule has 0 bridgehead atoms. The summed E-state index contributed by atoms with van der Waals surface area (Å²) in [7, 11) is 0. The Kier molecular flexibility index (Phi) is 3.90. The summed E-state index contributed by atoms with van der Waals surface area (Å²) in [5, 5.41) is 3.47. The molecule has 2 aromatic rings. The second-order valence-corrected chi connectivity index (χ2v) is 6.50. The molecule has 124 valence electrons.